The topological polar surface area (TPSA) is 68.2 Å². The van der Waals surface area contributed by atoms with E-state index in [1.54, 1.807) is 14.2 Å². The molecule has 1 aromatic rings. The smallest absolute Gasteiger partial charge is 0.305 e. The molecule has 0 radical (unpaired) electrons. The zero-order chi connectivity index (χ0) is 15.2. The zero-order valence-electron chi connectivity index (χ0n) is 12.4. The quantitative estimate of drug-likeness (QED) is 0.855. The molecule has 1 unspecified atom stereocenters. The van der Waals surface area contributed by atoms with Gasteiger partial charge in [0.15, 0.2) is 0 Å². The van der Waals surface area contributed by atoms with Crippen molar-refractivity contribution >= 4 is 5.97 Å². The van der Waals surface area contributed by atoms with Crippen LogP contribution in [0.2, 0.25) is 0 Å². The van der Waals surface area contributed by atoms with Crippen molar-refractivity contribution in [2.45, 2.75) is 19.0 Å². The number of hydrogen-bond acceptors (Lipinski definition) is 5. The number of benzene rings is 1. The van der Waals surface area contributed by atoms with Crippen LogP contribution in [0.1, 0.15) is 12.0 Å². The summed E-state index contributed by atoms with van der Waals surface area (Å²) in [5.74, 6) is 0.721. The summed E-state index contributed by atoms with van der Waals surface area (Å²) >= 11 is 0. The van der Waals surface area contributed by atoms with Gasteiger partial charge in [-0.05, 0) is 18.2 Å². The highest BCUT2D eigenvalue weighted by molar-refractivity contribution is 5.67. The second kappa shape index (κ2) is 7.28. The number of ether oxygens (including phenoxy) is 3. The van der Waals surface area contributed by atoms with Crippen molar-refractivity contribution in [2.75, 3.05) is 34.0 Å². The minimum Gasteiger partial charge on any atom is -0.497 e. The summed E-state index contributed by atoms with van der Waals surface area (Å²) in [6.45, 7) is 2.38. The molecule has 1 aliphatic heterocycles. The van der Waals surface area contributed by atoms with E-state index < -0.39 is 5.97 Å². The molecule has 0 bridgehead atoms. The van der Waals surface area contributed by atoms with Crippen LogP contribution < -0.4 is 9.47 Å². The van der Waals surface area contributed by atoms with Gasteiger partial charge in [-0.25, -0.2) is 0 Å². The van der Waals surface area contributed by atoms with E-state index in [1.165, 1.54) is 0 Å². The molecule has 2 rings (SSSR count). The number of morpholine rings is 1. The van der Waals surface area contributed by atoms with Crippen LogP contribution in [0.4, 0.5) is 0 Å². The van der Waals surface area contributed by atoms with E-state index in [0.29, 0.717) is 26.3 Å². The van der Waals surface area contributed by atoms with Gasteiger partial charge in [0.1, 0.15) is 11.5 Å². The summed E-state index contributed by atoms with van der Waals surface area (Å²) in [7, 11) is 3.24. The third kappa shape index (κ3) is 4.09. The van der Waals surface area contributed by atoms with Crippen molar-refractivity contribution < 1.29 is 24.1 Å². The van der Waals surface area contributed by atoms with Crippen molar-refractivity contribution in [1.29, 1.82) is 0 Å². The predicted octanol–water partition coefficient (Wildman–Crippen LogP) is 1.38. The molecule has 1 heterocycles. The SMILES string of the molecule is COc1ccc(OC)c(CN2CCOCC2CC(=O)O)c1. The number of methoxy groups -OCH3 is 2. The summed E-state index contributed by atoms with van der Waals surface area (Å²) in [5.41, 5.74) is 0.981. The minimum atomic E-state index is -0.812. The number of aliphatic carboxylic acids is 1. The minimum absolute atomic E-state index is 0.0757. The van der Waals surface area contributed by atoms with Crippen LogP contribution in [0.5, 0.6) is 11.5 Å². The van der Waals surface area contributed by atoms with E-state index in [-0.39, 0.29) is 12.5 Å². The molecular weight excluding hydrogens is 274 g/mol. The maximum atomic E-state index is 11.0. The molecule has 0 spiro atoms. The Kier molecular flexibility index (Phi) is 5.41. The van der Waals surface area contributed by atoms with Crippen LogP contribution >= 0.6 is 0 Å². The molecule has 21 heavy (non-hydrogen) atoms. The van der Waals surface area contributed by atoms with E-state index in [4.69, 9.17) is 19.3 Å². The number of hydrogen-bond donors (Lipinski definition) is 1. The maximum Gasteiger partial charge on any atom is 0.305 e. The lowest BCUT2D eigenvalue weighted by Gasteiger charge is -2.35. The molecule has 116 valence electrons. The zero-order valence-corrected chi connectivity index (χ0v) is 12.4. The van der Waals surface area contributed by atoms with E-state index in [1.807, 2.05) is 18.2 Å². The van der Waals surface area contributed by atoms with Crippen molar-refractivity contribution in [2.24, 2.45) is 0 Å². The first-order chi connectivity index (χ1) is 10.1. The predicted molar refractivity (Wildman–Crippen MR) is 76.8 cm³/mol. The van der Waals surface area contributed by atoms with Crippen LogP contribution in [0.25, 0.3) is 0 Å². The molecule has 1 aliphatic rings. The van der Waals surface area contributed by atoms with E-state index in [2.05, 4.69) is 4.90 Å². The lowest BCUT2D eigenvalue weighted by molar-refractivity contribution is -0.140. The van der Waals surface area contributed by atoms with Crippen molar-refractivity contribution in [1.82, 2.24) is 4.90 Å². The number of carbonyl (C=O) groups is 1. The molecule has 1 saturated heterocycles. The average molecular weight is 295 g/mol. The molecule has 1 atom stereocenters. The van der Waals surface area contributed by atoms with E-state index in [9.17, 15) is 4.79 Å². The highest BCUT2D eigenvalue weighted by atomic mass is 16.5. The van der Waals surface area contributed by atoms with Crippen molar-refractivity contribution in [3.05, 3.63) is 23.8 Å². The number of rotatable bonds is 6. The number of carboxylic acid groups (broad SMARTS) is 1. The standard InChI is InChI=1S/C15H21NO5/c1-19-13-3-4-14(20-2)11(7-13)9-16-5-6-21-10-12(16)8-15(17)18/h3-4,7,12H,5-6,8-10H2,1-2H3,(H,17,18). The largest absolute Gasteiger partial charge is 0.497 e. The van der Waals surface area contributed by atoms with Crippen LogP contribution in [0, 0.1) is 0 Å². The van der Waals surface area contributed by atoms with Gasteiger partial charge >= 0.3 is 5.97 Å². The molecule has 6 nitrogen and oxygen atoms in total. The van der Waals surface area contributed by atoms with Crippen molar-refractivity contribution in [3.8, 4) is 11.5 Å². The van der Waals surface area contributed by atoms with Gasteiger partial charge in [-0.1, -0.05) is 0 Å². The highest BCUT2D eigenvalue weighted by Gasteiger charge is 2.26. The summed E-state index contributed by atoms with van der Waals surface area (Å²) in [6.07, 6.45) is 0.0757. The summed E-state index contributed by atoms with van der Waals surface area (Å²) < 4.78 is 16.0. The third-order valence-corrected chi connectivity index (χ3v) is 3.62. The van der Waals surface area contributed by atoms with Crippen LogP contribution in [0.15, 0.2) is 18.2 Å². The Hall–Kier alpha value is -1.79. The second-order valence-electron chi connectivity index (χ2n) is 4.97. The summed E-state index contributed by atoms with van der Waals surface area (Å²) in [6, 6.07) is 5.51. The van der Waals surface area contributed by atoms with Gasteiger partial charge in [0, 0.05) is 24.7 Å². The van der Waals surface area contributed by atoms with Gasteiger partial charge < -0.3 is 19.3 Å². The highest BCUT2D eigenvalue weighted by Crippen LogP contribution is 2.26. The molecular formula is C15H21NO5. The summed E-state index contributed by atoms with van der Waals surface area (Å²) in [5, 5.41) is 9.01. The van der Waals surface area contributed by atoms with Crippen molar-refractivity contribution in [3.63, 3.8) is 0 Å². The van der Waals surface area contributed by atoms with Gasteiger partial charge in [-0.2, -0.15) is 0 Å². The molecule has 0 amide bonds. The first kappa shape index (κ1) is 15.6. The molecule has 0 saturated carbocycles. The Morgan fingerprint density at radius 1 is 1.43 bits per heavy atom. The normalized spacial score (nSPS) is 19.2. The number of nitrogens with zero attached hydrogens (tertiary/aromatic N) is 1. The van der Waals surface area contributed by atoms with Gasteiger partial charge in [0.2, 0.25) is 0 Å². The molecule has 1 aromatic carbocycles. The van der Waals surface area contributed by atoms with Crippen LogP contribution in [-0.4, -0.2) is 56.0 Å². The fourth-order valence-corrected chi connectivity index (χ4v) is 2.51. The third-order valence-electron chi connectivity index (χ3n) is 3.62. The summed E-state index contributed by atoms with van der Waals surface area (Å²) in [4.78, 5) is 13.1. The molecule has 0 aliphatic carbocycles. The van der Waals surface area contributed by atoms with E-state index >= 15 is 0 Å². The second-order valence-corrected chi connectivity index (χ2v) is 4.97. The lowest BCUT2D eigenvalue weighted by atomic mass is 10.1. The first-order valence-electron chi connectivity index (χ1n) is 6.88. The Bertz CT molecular complexity index is 491. The van der Waals surface area contributed by atoms with Gasteiger partial charge in [0.25, 0.3) is 0 Å². The van der Waals surface area contributed by atoms with E-state index in [0.717, 1.165) is 17.1 Å². The van der Waals surface area contributed by atoms with Gasteiger partial charge in [-0.3, -0.25) is 9.69 Å². The maximum absolute atomic E-state index is 11.0. The Morgan fingerprint density at radius 3 is 2.90 bits per heavy atom. The Labute approximate surface area is 124 Å². The Morgan fingerprint density at radius 2 is 2.24 bits per heavy atom. The lowest BCUT2D eigenvalue weighted by Crippen LogP contribution is -2.45. The average Bonchev–Trinajstić information content (AvgIpc) is 2.48. The number of carboxylic acids is 1. The Balaban J connectivity index is 2.15. The first-order valence-corrected chi connectivity index (χ1v) is 6.88. The van der Waals surface area contributed by atoms with Gasteiger partial charge in [0.05, 0.1) is 33.9 Å². The van der Waals surface area contributed by atoms with Gasteiger partial charge in [-0.15, -0.1) is 0 Å². The fraction of sp³-hybridized carbons (Fsp3) is 0.533. The van der Waals surface area contributed by atoms with Crippen LogP contribution in [0.3, 0.4) is 0 Å². The molecule has 1 fully saturated rings. The molecule has 1 N–H and O–H groups in total. The van der Waals surface area contributed by atoms with Crippen LogP contribution in [-0.2, 0) is 16.1 Å². The fourth-order valence-electron chi connectivity index (χ4n) is 2.51. The monoisotopic (exact) mass is 295 g/mol. The molecule has 6 heteroatoms. The molecule has 0 aromatic heterocycles.